The number of rotatable bonds is 5. The number of carbonyl (C=O) groups excluding carboxylic acids is 2. The van der Waals surface area contributed by atoms with Gasteiger partial charge in [0.25, 0.3) is 0 Å². The number of halogens is 4. The minimum absolute atomic E-state index is 0.0201. The minimum Gasteiger partial charge on any atom is -0.390 e. The molecule has 1 unspecified atom stereocenters. The van der Waals surface area contributed by atoms with Gasteiger partial charge in [0.05, 0.1) is 28.3 Å². The van der Waals surface area contributed by atoms with Crippen LogP contribution >= 0.6 is 23.2 Å². The summed E-state index contributed by atoms with van der Waals surface area (Å²) >= 11 is 12.3. The van der Waals surface area contributed by atoms with E-state index < -0.39 is 53.2 Å². The second-order valence-corrected chi connectivity index (χ2v) is 13.2. The SMILES string of the molecule is CC.CC(C)(C)C[C@H]1N[C@@H](C(=O)CC2C[C@@H](O)[C@@H](O)C2)[C@H](c2cccc(Cl)c2F)[C@@]12C(=O)Nc1cc(Cl)c(F)cc12. The Morgan fingerprint density at radius 2 is 1.71 bits per heavy atom. The maximum Gasteiger partial charge on any atom is 0.237 e. The molecule has 4 N–H and O–H groups in total. The van der Waals surface area contributed by atoms with Crippen LogP contribution in [0.15, 0.2) is 30.3 Å². The Kier molecular flexibility index (Phi) is 9.22. The van der Waals surface area contributed by atoms with E-state index in [0.717, 1.165) is 0 Å². The normalized spacial score (nSPS) is 30.7. The molecule has 0 radical (unpaired) electrons. The van der Waals surface area contributed by atoms with E-state index in [9.17, 15) is 24.2 Å². The maximum atomic E-state index is 15.8. The predicted molar refractivity (Wildman–Crippen MR) is 156 cm³/mol. The van der Waals surface area contributed by atoms with E-state index in [0.29, 0.717) is 17.7 Å². The molecule has 2 heterocycles. The lowest BCUT2D eigenvalue weighted by Gasteiger charge is -2.37. The van der Waals surface area contributed by atoms with Crippen molar-refractivity contribution in [1.82, 2.24) is 5.32 Å². The van der Waals surface area contributed by atoms with Crippen molar-refractivity contribution in [2.45, 2.75) is 95.9 Å². The van der Waals surface area contributed by atoms with Crippen LogP contribution in [0.25, 0.3) is 0 Å². The summed E-state index contributed by atoms with van der Waals surface area (Å²) in [6.45, 7) is 9.97. The maximum absolute atomic E-state index is 15.8. The third-order valence-electron chi connectivity index (χ3n) is 8.45. The van der Waals surface area contributed by atoms with E-state index in [2.05, 4.69) is 10.6 Å². The first-order chi connectivity index (χ1) is 19.2. The van der Waals surface area contributed by atoms with Crippen LogP contribution in [0, 0.1) is 23.0 Å². The highest BCUT2D eigenvalue weighted by atomic mass is 35.5. The van der Waals surface area contributed by atoms with Crippen LogP contribution in [0.4, 0.5) is 14.5 Å². The number of nitrogens with one attached hydrogen (secondary N) is 2. The molecular formula is C31H38Cl2F2N2O4. The second kappa shape index (κ2) is 11.9. The number of aliphatic hydroxyl groups excluding tert-OH is 2. The van der Waals surface area contributed by atoms with Gasteiger partial charge < -0.3 is 20.8 Å². The zero-order chi connectivity index (χ0) is 30.4. The summed E-state index contributed by atoms with van der Waals surface area (Å²) in [5.41, 5.74) is -1.17. The van der Waals surface area contributed by atoms with Crippen LogP contribution in [0.2, 0.25) is 10.0 Å². The predicted octanol–water partition coefficient (Wildman–Crippen LogP) is 6.14. The lowest BCUT2D eigenvalue weighted by Crippen LogP contribution is -2.49. The van der Waals surface area contributed by atoms with Crippen molar-refractivity contribution in [3.63, 3.8) is 0 Å². The molecule has 1 amide bonds. The van der Waals surface area contributed by atoms with Gasteiger partial charge in [0.1, 0.15) is 17.0 Å². The first kappa shape index (κ1) is 31.8. The van der Waals surface area contributed by atoms with Crippen LogP contribution in [0.1, 0.15) is 77.3 Å². The number of hydrogen-bond donors (Lipinski definition) is 4. The molecule has 0 aromatic heterocycles. The minimum atomic E-state index is -1.55. The van der Waals surface area contributed by atoms with Crippen LogP contribution in [-0.2, 0) is 15.0 Å². The number of hydrogen-bond acceptors (Lipinski definition) is 5. The van der Waals surface area contributed by atoms with Gasteiger partial charge >= 0.3 is 0 Å². The first-order valence-corrected chi connectivity index (χ1v) is 14.9. The third-order valence-corrected chi connectivity index (χ3v) is 9.03. The number of anilines is 1. The molecule has 7 atom stereocenters. The second-order valence-electron chi connectivity index (χ2n) is 12.4. The van der Waals surface area contributed by atoms with Crippen molar-refractivity contribution in [3.05, 3.63) is 63.1 Å². The highest BCUT2D eigenvalue weighted by Crippen LogP contribution is 2.57. The Morgan fingerprint density at radius 1 is 1.07 bits per heavy atom. The highest BCUT2D eigenvalue weighted by Gasteiger charge is 2.66. The van der Waals surface area contributed by atoms with Gasteiger partial charge in [-0.05, 0) is 59.9 Å². The molecule has 1 spiro atoms. The summed E-state index contributed by atoms with van der Waals surface area (Å²) < 4.78 is 30.8. The van der Waals surface area contributed by atoms with Gasteiger partial charge in [0.2, 0.25) is 5.91 Å². The van der Waals surface area contributed by atoms with E-state index in [1.54, 1.807) is 6.07 Å². The third kappa shape index (κ3) is 5.66. The van der Waals surface area contributed by atoms with Gasteiger partial charge in [-0.15, -0.1) is 0 Å². The fourth-order valence-electron chi connectivity index (χ4n) is 6.89. The number of carbonyl (C=O) groups is 2. The number of amides is 1. The van der Waals surface area contributed by atoms with Crippen LogP contribution in [-0.4, -0.2) is 46.2 Å². The Hall–Kier alpha value is -2.10. The zero-order valence-electron chi connectivity index (χ0n) is 23.9. The van der Waals surface area contributed by atoms with E-state index in [1.807, 2.05) is 34.6 Å². The Morgan fingerprint density at radius 3 is 2.32 bits per heavy atom. The Labute approximate surface area is 249 Å². The van der Waals surface area contributed by atoms with Gasteiger partial charge in [0.15, 0.2) is 5.78 Å². The molecule has 1 saturated carbocycles. The number of Topliss-reactive ketones (excluding diaryl/α,β-unsaturated/α-hetero) is 1. The molecule has 5 rings (SSSR count). The Bertz CT molecular complexity index is 1320. The van der Waals surface area contributed by atoms with Gasteiger partial charge in [0, 0.05) is 24.1 Å². The van der Waals surface area contributed by atoms with Gasteiger partial charge in [-0.3, -0.25) is 9.59 Å². The zero-order valence-corrected chi connectivity index (χ0v) is 25.4. The standard InChI is InChI=1S/C29H32Cl2F2N2O4.C2H6/c1-28(2,3)12-23-29(15-10-18(32)17(31)11-19(15)34-27(29)39)24(14-5-4-6-16(30)25(14)33)26(35-23)22(38)9-13-7-20(36)21(37)8-13;1-2/h4-6,10-11,13,20-21,23-24,26,35-37H,7-9,12H2,1-3H3,(H,34,39);1-2H3/t13?,20-,21+,23-,24+,26+,29+;/m1./s1. The molecule has 0 bridgehead atoms. The molecule has 1 saturated heterocycles. The van der Waals surface area contributed by atoms with Crippen molar-refractivity contribution in [2.75, 3.05) is 5.32 Å². The molecule has 6 nitrogen and oxygen atoms in total. The van der Waals surface area contributed by atoms with E-state index in [1.165, 1.54) is 24.3 Å². The van der Waals surface area contributed by atoms with E-state index in [-0.39, 0.29) is 52.0 Å². The summed E-state index contributed by atoms with van der Waals surface area (Å²) in [5.74, 6) is -3.57. The molecule has 41 heavy (non-hydrogen) atoms. The van der Waals surface area contributed by atoms with Gasteiger partial charge in [-0.1, -0.05) is 70.0 Å². The van der Waals surface area contributed by atoms with Crippen LogP contribution < -0.4 is 10.6 Å². The number of ketones is 1. The lowest BCUT2D eigenvalue weighted by molar-refractivity contribution is -0.123. The van der Waals surface area contributed by atoms with Crippen molar-refractivity contribution < 1.29 is 28.6 Å². The summed E-state index contributed by atoms with van der Waals surface area (Å²) in [5, 5.41) is 25.9. The fraction of sp³-hybridized carbons (Fsp3) is 0.548. The average Bonchev–Trinajstić information content (AvgIpc) is 3.48. The van der Waals surface area contributed by atoms with Crippen molar-refractivity contribution in [1.29, 1.82) is 0 Å². The van der Waals surface area contributed by atoms with Crippen molar-refractivity contribution in [2.24, 2.45) is 11.3 Å². The number of benzene rings is 2. The molecule has 10 heteroatoms. The first-order valence-electron chi connectivity index (χ1n) is 14.1. The summed E-state index contributed by atoms with van der Waals surface area (Å²) in [6.07, 6.45) is -0.875. The molecule has 2 aliphatic heterocycles. The molecule has 2 aromatic carbocycles. The highest BCUT2D eigenvalue weighted by molar-refractivity contribution is 6.31. The summed E-state index contributed by atoms with van der Waals surface area (Å²) in [7, 11) is 0. The van der Waals surface area contributed by atoms with Crippen LogP contribution in [0.5, 0.6) is 0 Å². The summed E-state index contributed by atoms with van der Waals surface area (Å²) in [6, 6.07) is 5.32. The lowest BCUT2D eigenvalue weighted by atomic mass is 9.62. The fourth-order valence-corrected chi connectivity index (χ4v) is 7.23. The van der Waals surface area contributed by atoms with E-state index >= 15 is 4.39 Å². The van der Waals surface area contributed by atoms with Gasteiger partial charge in [-0.2, -0.15) is 0 Å². The molecule has 1 aliphatic carbocycles. The molecule has 2 aromatic rings. The van der Waals surface area contributed by atoms with Crippen molar-refractivity contribution in [3.8, 4) is 0 Å². The monoisotopic (exact) mass is 610 g/mol. The number of aliphatic hydroxyl groups is 2. The average molecular weight is 612 g/mol. The molecular weight excluding hydrogens is 573 g/mol. The topological polar surface area (TPSA) is 98.7 Å². The largest absolute Gasteiger partial charge is 0.390 e. The van der Waals surface area contributed by atoms with E-state index in [4.69, 9.17) is 23.2 Å². The number of fused-ring (bicyclic) bond motifs is 2. The Balaban J connectivity index is 0.00000189. The molecule has 2 fully saturated rings. The molecule has 3 aliphatic rings. The quantitative estimate of drug-likeness (QED) is 0.326. The molecule has 224 valence electrons. The van der Waals surface area contributed by atoms with Gasteiger partial charge in [-0.25, -0.2) is 8.78 Å². The summed E-state index contributed by atoms with van der Waals surface area (Å²) in [4.78, 5) is 28.1. The smallest absolute Gasteiger partial charge is 0.237 e. The van der Waals surface area contributed by atoms with Crippen LogP contribution in [0.3, 0.4) is 0 Å². The van der Waals surface area contributed by atoms with Crippen molar-refractivity contribution >= 4 is 40.6 Å².